The van der Waals surface area contributed by atoms with Crippen LogP contribution in [0.2, 0.25) is 5.02 Å². The number of carbonyl (C=O) groups is 4. The molecule has 1 heterocycles. The van der Waals surface area contributed by atoms with E-state index in [9.17, 15) is 9.59 Å². The van der Waals surface area contributed by atoms with E-state index in [0.717, 1.165) is 0 Å². The topological polar surface area (TPSA) is 143 Å². The number of aliphatic carboxylic acids is 2. The van der Waals surface area contributed by atoms with Crippen LogP contribution in [0.3, 0.4) is 0 Å². The molecule has 3 rings (SSSR count). The fourth-order valence-electron chi connectivity index (χ4n) is 2.61. The zero-order valence-corrected chi connectivity index (χ0v) is 17.9. The van der Waals surface area contributed by atoms with Gasteiger partial charge in [0.2, 0.25) is 5.82 Å². The molecule has 1 aromatic heterocycles. The second-order valence-electron chi connectivity index (χ2n) is 6.62. The third-order valence-electron chi connectivity index (χ3n) is 3.90. The molecule has 0 aliphatic heterocycles. The van der Waals surface area contributed by atoms with Crippen molar-refractivity contribution in [2.45, 2.75) is 6.54 Å². The molecule has 10 nitrogen and oxygen atoms in total. The highest BCUT2D eigenvalue weighted by Gasteiger charge is 2.20. The minimum Gasteiger partial charge on any atom is -0.473 e. The van der Waals surface area contributed by atoms with Crippen molar-refractivity contribution < 1.29 is 29.4 Å². The maximum absolute atomic E-state index is 13.0. The lowest BCUT2D eigenvalue weighted by atomic mass is 10.0. The van der Waals surface area contributed by atoms with E-state index in [2.05, 4.69) is 10.1 Å². The van der Waals surface area contributed by atoms with E-state index in [1.807, 2.05) is 25.1 Å². The number of carboxylic acid groups (broad SMARTS) is 2. The van der Waals surface area contributed by atoms with Crippen molar-refractivity contribution in [1.82, 2.24) is 19.7 Å². The Hall–Kier alpha value is -3.89. The van der Waals surface area contributed by atoms with Crippen LogP contribution in [0, 0.1) is 0 Å². The number of hydrogen-bond acceptors (Lipinski definition) is 7. The van der Waals surface area contributed by atoms with E-state index in [4.69, 9.17) is 31.4 Å². The lowest BCUT2D eigenvalue weighted by Crippen LogP contribution is -2.17. The summed E-state index contributed by atoms with van der Waals surface area (Å²) < 4.78 is 1.52. The largest absolute Gasteiger partial charge is 0.473 e. The predicted octanol–water partition coefficient (Wildman–Crippen LogP) is 2.18. The Morgan fingerprint density at radius 3 is 2.22 bits per heavy atom. The summed E-state index contributed by atoms with van der Waals surface area (Å²) in [5.41, 5.74) is 1.47. The summed E-state index contributed by atoms with van der Waals surface area (Å²) in [4.78, 5) is 48.5. The van der Waals surface area contributed by atoms with Gasteiger partial charge in [-0.25, -0.2) is 19.3 Å². The number of nitrogens with zero attached hydrogens (tertiary/aromatic N) is 4. The van der Waals surface area contributed by atoms with Crippen LogP contribution in [-0.2, 0) is 16.1 Å². The molecule has 2 aromatic carbocycles. The Balaban J connectivity index is 0.000000534. The van der Waals surface area contributed by atoms with Crippen LogP contribution in [0.5, 0.6) is 0 Å². The lowest BCUT2D eigenvalue weighted by Gasteiger charge is -2.14. The summed E-state index contributed by atoms with van der Waals surface area (Å²) in [6.45, 7) is 0.461. The second-order valence-corrected chi connectivity index (χ2v) is 7.06. The molecule has 0 saturated carbocycles. The molecule has 0 fully saturated rings. The van der Waals surface area contributed by atoms with E-state index < -0.39 is 11.9 Å². The first-order valence-corrected chi connectivity index (χ1v) is 9.43. The fourth-order valence-corrected chi connectivity index (χ4v) is 2.78. The molecule has 0 spiro atoms. The van der Waals surface area contributed by atoms with Gasteiger partial charge in [0.1, 0.15) is 5.82 Å². The normalized spacial score (nSPS) is 10.2. The number of aldehydes is 1. The van der Waals surface area contributed by atoms with Crippen molar-refractivity contribution in [3.63, 3.8) is 0 Å². The molecule has 166 valence electrons. The highest BCUT2D eigenvalue weighted by molar-refractivity contribution is 6.31. The smallest absolute Gasteiger partial charge is 0.414 e. The molecular weight excluding hydrogens is 440 g/mol. The van der Waals surface area contributed by atoms with Crippen molar-refractivity contribution in [2.24, 2.45) is 0 Å². The van der Waals surface area contributed by atoms with Crippen LogP contribution in [0.1, 0.15) is 32.4 Å². The monoisotopic (exact) mass is 458 g/mol. The molecule has 0 radical (unpaired) electrons. The van der Waals surface area contributed by atoms with Gasteiger partial charge < -0.3 is 15.1 Å². The number of carboxylic acids is 2. The molecule has 32 heavy (non-hydrogen) atoms. The molecule has 0 saturated heterocycles. The van der Waals surface area contributed by atoms with Gasteiger partial charge in [0, 0.05) is 16.1 Å². The van der Waals surface area contributed by atoms with Crippen LogP contribution >= 0.6 is 11.6 Å². The van der Waals surface area contributed by atoms with Gasteiger partial charge in [-0.15, -0.1) is 5.10 Å². The van der Waals surface area contributed by atoms with Crippen molar-refractivity contribution in [1.29, 1.82) is 0 Å². The first-order chi connectivity index (χ1) is 15.1. The van der Waals surface area contributed by atoms with Crippen molar-refractivity contribution in [3.8, 4) is 5.69 Å². The first-order valence-electron chi connectivity index (χ1n) is 9.05. The number of halogens is 1. The zero-order valence-electron chi connectivity index (χ0n) is 17.1. The third kappa shape index (κ3) is 6.30. The summed E-state index contributed by atoms with van der Waals surface area (Å²) in [5.74, 6) is -3.21. The number of hydrogen-bond donors (Lipinski definition) is 2. The van der Waals surface area contributed by atoms with Gasteiger partial charge in [0.05, 0.1) is 12.2 Å². The Bertz CT molecular complexity index is 1130. The van der Waals surface area contributed by atoms with E-state index in [0.29, 0.717) is 40.5 Å². The summed E-state index contributed by atoms with van der Waals surface area (Å²) in [7, 11) is 3.77. The van der Waals surface area contributed by atoms with Gasteiger partial charge >= 0.3 is 11.9 Å². The van der Waals surface area contributed by atoms with Crippen molar-refractivity contribution in [2.75, 3.05) is 14.1 Å². The first kappa shape index (κ1) is 24.4. The molecule has 0 aliphatic rings. The number of benzene rings is 2. The molecule has 0 aliphatic carbocycles. The quantitative estimate of drug-likeness (QED) is 0.322. The molecule has 0 atom stereocenters. The van der Waals surface area contributed by atoms with Gasteiger partial charge in [-0.05, 0) is 32.3 Å². The van der Waals surface area contributed by atoms with E-state index >= 15 is 0 Å². The van der Waals surface area contributed by atoms with Crippen LogP contribution in [-0.4, -0.2) is 68.0 Å². The Kier molecular flexibility index (Phi) is 8.33. The van der Waals surface area contributed by atoms with Gasteiger partial charge in [-0.3, -0.25) is 9.59 Å². The Labute approximate surface area is 187 Å². The minimum absolute atomic E-state index is 0.0647. The Morgan fingerprint density at radius 1 is 1.06 bits per heavy atom. The number of ketones is 1. The maximum Gasteiger partial charge on any atom is 0.414 e. The minimum atomic E-state index is -1.82. The maximum atomic E-state index is 13.0. The van der Waals surface area contributed by atoms with Crippen LogP contribution in [0.15, 0.2) is 48.5 Å². The lowest BCUT2D eigenvalue weighted by molar-refractivity contribution is -0.159. The molecule has 11 heteroatoms. The second kappa shape index (κ2) is 10.9. The number of rotatable bonds is 6. The average molecular weight is 459 g/mol. The molecule has 3 aromatic rings. The highest BCUT2D eigenvalue weighted by Crippen LogP contribution is 2.23. The SMILES string of the molecule is CN(C)Cc1nc(C=O)nn1-c1ccc(Cl)cc1C(=O)c1ccccc1.O=C(O)C(=O)O. The predicted molar refractivity (Wildman–Crippen MR) is 114 cm³/mol. The van der Waals surface area contributed by atoms with Gasteiger partial charge in [0.25, 0.3) is 0 Å². The summed E-state index contributed by atoms with van der Waals surface area (Å²) in [6, 6.07) is 13.9. The molecule has 0 unspecified atom stereocenters. The van der Waals surface area contributed by atoms with Crippen LogP contribution in [0.4, 0.5) is 0 Å². The summed E-state index contributed by atoms with van der Waals surface area (Å²) in [5, 5.41) is 19.5. The van der Waals surface area contributed by atoms with Crippen LogP contribution in [0.25, 0.3) is 5.69 Å². The van der Waals surface area contributed by atoms with Crippen molar-refractivity contribution >= 4 is 35.6 Å². The average Bonchev–Trinajstić information content (AvgIpc) is 3.16. The number of aromatic nitrogens is 3. The molecule has 0 amide bonds. The molecular formula is C21H19ClN4O6. The Morgan fingerprint density at radius 2 is 1.69 bits per heavy atom. The van der Waals surface area contributed by atoms with Gasteiger partial charge in [0.15, 0.2) is 12.1 Å². The van der Waals surface area contributed by atoms with Gasteiger partial charge in [-0.1, -0.05) is 41.9 Å². The molecule has 2 N–H and O–H groups in total. The summed E-state index contributed by atoms with van der Waals surface area (Å²) in [6.07, 6.45) is 0.588. The van der Waals surface area contributed by atoms with E-state index in [1.165, 1.54) is 4.68 Å². The van der Waals surface area contributed by atoms with Crippen LogP contribution < -0.4 is 0 Å². The number of carbonyl (C=O) groups excluding carboxylic acids is 2. The van der Waals surface area contributed by atoms with Gasteiger partial charge in [-0.2, -0.15) is 0 Å². The fraction of sp³-hybridized carbons (Fsp3) is 0.143. The zero-order chi connectivity index (χ0) is 23.8. The van der Waals surface area contributed by atoms with E-state index in [-0.39, 0.29) is 11.6 Å². The summed E-state index contributed by atoms with van der Waals surface area (Å²) >= 11 is 6.13. The highest BCUT2D eigenvalue weighted by atomic mass is 35.5. The molecule has 0 bridgehead atoms. The standard InChI is InChI=1S/C19H17ClN4O2.C2H2O4/c1-23(2)11-18-21-17(12-25)22-24(18)16-9-8-14(20)10-15(16)19(26)13-6-4-3-5-7-13;3-1(4)2(5)6/h3-10,12H,11H2,1-2H3;(H,3,4)(H,5,6). The van der Waals surface area contributed by atoms with Crippen molar-refractivity contribution in [3.05, 3.63) is 76.3 Å². The third-order valence-corrected chi connectivity index (χ3v) is 4.14. The van der Waals surface area contributed by atoms with E-state index in [1.54, 1.807) is 42.5 Å².